The zero-order chi connectivity index (χ0) is 7.95. The molecule has 1 nitrogen and oxygen atoms in total. The molecule has 0 amide bonds. The molecule has 2 fully saturated rings. The third-order valence-corrected chi connectivity index (χ3v) is 3.17. The maximum Gasteiger partial charge on any atom is 0.256 e. The standard InChI is InChI=1S/C8H13F2N/c9-8(10)4-5-11-6-7(8)2-1-3-7/h11H,1-6H2. The number of piperidine rings is 1. The first-order chi connectivity index (χ1) is 5.16. The van der Waals surface area contributed by atoms with Gasteiger partial charge in [0.2, 0.25) is 0 Å². The highest BCUT2D eigenvalue weighted by Gasteiger charge is 2.57. The van der Waals surface area contributed by atoms with Gasteiger partial charge in [0.15, 0.2) is 0 Å². The molecule has 1 spiro atoms. The first kappa shape index (κ1) is 7.47. The number of nitrogens with one attached hydrogen (secondary N) is 1. The van der Waals surface area contributed by atoms with Crippen molar-refractivity contribution in [2.75, 3.05) is 13.1 Å². The first-order valence-electron chi connectivity index (χ1n) is 4.25. The van der Waals surface area contributed by atoms with E-state index in [2.05, 4.69) is 5.32 Å². The van der Waals surface area contributed by atoms with Crippen molar-refractivity contribution in [1.29, 1.82) is 0 Å². The smallest absolute Gasteiger partial charge is 0.256 e. The van der Waals surface area contributed by atoms with Gasteiger partial charge in [-0.3, -0.25) is 0 Å². The van der Waals surface area contributed by atoms with Crippen LogP contribution < -0.4 is 5.32 Å². The lowest BCUT2D eigenvalue weighted by Gasteiger charge is -2.50. The summed E-state index contributed by atoms with van der Waals surface area (Å²) in [5.41, 5.74) is -0.648. The minimum Gasteiger partial charge on any atom is -0.316 e. The van der Waals surface area contributed by atoms with Crippen LogP contribution in [-0.4, -0.2) is 19.0 Å². The Bertz CT molecular complexity index is 163. The number of rotatable bonds is 0. The molecule has 3 heteroatoms. The molecule has 0 atom stereocenters. The molecule has 1 heterocycles. The summed E-state index contributed by atoms with van der Waals surface area (Å²) in [6, 6.07) is 0. The van der Waals surface area contributed by atoms with Gasteiger partial charge in [-0.05, 0) is 12.8 Å². The summed E-state index contributed by atoms with van der Waals surface area (Å²) in [6.45, 7) is 1.01. The normalized spacial score (nSPS) is 33.3. The van der Waals surface area contributed by atoms with Crippen LogP contribution in [0.2, 0.25) is 0 Å². The summed E-state index contributed by atoms with van der Waals surface area (Å²) >= 11 is 0. The highest BCUT2D eigenvalue weighted by atomic mass is 19.3. The van der Waals surface area contributed by atoms with Crippen molar-refractivity contribution < 1.29 is 8.78 Å². The van der Waals surface area contributed by atoms with Crippen LogP contribution >= 0.6 is 0 Å². The Morgan fingerprint density at radius 1 is 1.09 bits per heavy atom. The van der Waals surface area contributed by atoms with Crippen LogP contribution in [0.15, 0.2) is 0 Å². The fraction of sp³-hybridized carbons (Fsp3) is 1.00. The minimum atomic E-state index is -2.39. The molecule has 1 aliphatic carbocycles. The predicted molar refractivity (Wildman–Crippen MR) is 38.7 cm³/mol. The molecule has 0 aromatic heterocycles. The topological polar surface area (TPSA) is 12.0 Å². The average molecular weight is 161 g/mol. The maximum absolute atomic E-state index is 13.3. The van der Waals surface area contributed by atoms with Crippen molar-refractivity contribution in [1.82, 2.24) is 5.32 Å². The SMILES string of the molecule is FC1(F)CCNCC12CCC2. The molecular formula is C8H13F2N. The summed E-state index contributed by atoms with van der Waals surface area (Å²) in [5, 5.41) is 3.05. The summed E-state index contributed by atoms with van der Waals surface area (Å²) in [4.78, 5) is 0. The number of hydrogen-bond acceptors (Lipinski definition) is 1. The van der Waals surface area contributed by atoms with Crippen molar-refractivity contribution in [2.45, 2.75) is 31.6 Å². The molecule has 0 radical (unpaired) electrons. The number of halogens is 2. The third kappa shape index (κ3) is 0.901. The van der Waals surface area contributed by atoms with Crippen LogP contribution in [-0.2, 0) is 0 Å². The molecule has 0 bridgehead atoms. The fourth-order valence-electron chi connectivity index (χ4n) is 2.11. The van der Waals surface area contributed by atoms with Crippen molar-refractivity contribution in [3.05, 3.63) is 0 Å². The van der Waals surface area contributed by atoms with E-state index in [4.69, 9.17) is 0 Å². The van der Waals surface area contributed by atoms with E-state index in [1.165, 1.54) is 0 Å². The highest BCUT2D eigenvalue weighted by Crippen LogP contribution is 2.54. The van der Waals surface area contributed by atoms with Crippen molar-refractivity contribution in [3.8, 4) is 0 Å². The van der Waals surface area contributed by atoms with E-state index < -0.39 is 11.3 Å². The molecule has 1 saturated carbocycles. The van der Waals surface area contributed by atoms with Crippen LogP contribution in [0, 0.1) is 5.41 Å². The molecule has 2 aliphatic rings. The summed E-state index contributed by atoms with van der Waals surface area (Å²) < 4.78 is 26.5. The molecule has 1 N–H and O–H groups in total. The summed E-state index contributed by atoms with van der Waals surface area (Å²) in [7, 11) is 0. The van der Waals surface area contributed by atoms with Gasteiger partial charge >= 0.3 is 0 Å². The molecule has 1 saturated heterocycles. The largest absolute Gasteiger partial charge is 0.316 e. The van der Waals surface area contributed by atoms with E-state index in [0.29, 0.717) is 25.9 Å². The lowest BCUT2D eigenvalue weighted by molar-refractivity contribution is -0.176. The summed E-state index contributed by atoms with van der Waals surface area (Å²) in [5.74, 6) is -2.39. The Kier molecular flexibility index (Phi) is 1.46. The van der Waals surface area contributed by atoms with E-state index in [1.807, 2.05) is 0 Å². The Morgan fingerprint density at radius 2 is 1.82 bits per heavy atom. The summed E-state index contributed by atoms with van der Waals surface area (Å²) in [6.07, 6.45) is 2.45. The molecule has 0 aromatic carbocycles. The van der Waals surface area contributed by atoms with Crippen molar-refractivity contribution in [2.24, 2.45) is 5.41 Å². The molecule has 11 heavy (non-hydrogen) atoms. The van der Waals surface area contributed by atoms with Gasteiger partial charge in [0.1, 0.15) is 0 Å². The molecule has 0 aromatic rings. The second-order valence-corrected chi connectivity index (χ2v) is 3.77. The van der Waals surface area contributed by atoms with E-state index in [0.717, 1.165) is 6.42 Å². The van der Waals surface area contributed by atoms with Crippen LogP contribution in [0.5, 0.6) is 0 Å². The Hall–Kier alpha value is -0.180. The van der Waals surface area contributed by atoms with Gasteiger partial charge in [-0.25, -0.2) is 8.78 Å². The van der Waals surface area contributed by atoms with Crippen molar-refractivity contribution >= 4 is 0 Å². The van der Waals surface area contributed by atoms with Crippen LogP contribution in [0.1, 0.15) is 25.7 Å². The quantitative estimate of drug-likeness (QED) is 0.571. The van der Waals surface area contributed by atoms with Crippen LogP contribution in [0.4, 0.5) is 8.78 Å². The second-order valence-electron chi connectivity index (χ2n) is 3.77. The second kappa shape index (κ2) is 2.16. The van der Waals surface area contributed by atoms with Gasteiger partial charge in [0.25, 0.3) is 5.92 Å². The fourth-order valence-corrected chi connectivity index (χ4v) is 2.11. The van der Waals surface area contributed by atoms with E-state index in [-0.39, 0.29) is 6.42 Å². The van der Waals surface area contributed by atoms with Crippen molar-refractivity contribution in [3.63, 3.8) is 0 Å². The highest BCUT2D eigenvalue weighted by molar-refractivity contribution is 5.02. The lowest BCUT2D eigenvalue weighted by atomic mass is 9.62. The van der Waals surface area contributed by atoms with Gasteiger partial charge in [-0.1, -0.05) is 6.42 Å². The predicted octanol–water partition coefficient (Wildman–Crippen LogP) is 1.79. The average Bonchev–Trinajstić information content (AvgIpc) is 1.83. The Labute approximate surface area is 65.2 Å². The molecule has 2 rings (SSSR count). The monoisotopic (exact) mass is 161 g/mol. The molecule has 0 unspecified atom stereocenters. The van der Waals surface area contributed by atoms with E-state index in [1.54, 1.807) is 0 Å². The number of hydrogen-bond donors (Lipinski definition) is 1. The first-order valence-corrected chi connectivity index (χ1v) is 4.25. The number of alkyl halides is 2. The minimum absolute atomic E-state index is 0.0347. The Morgan fingerprint density at radius 3 is 2.18 bits per heavy atom. The Balaban J connectivity index is 2.15. The molecular weight excluding hydrogens is 148 g/mol. The third-order valence-electron chi connectivity index (χ3n) is 3.17. The van der Waals surface area contributed by atoms with E-state index in [9.17, 15) is 8.78 Å². The zero-order valence-electron chi connectivity index (χ0n) is 6.50. The maximum atomic E-state index is 13.3. The van der Waals surface area contributed by atoms with Gasteiger partial charge in [-0.15, -0.1) is 0 Å². The van der Waals surface area contributed by atoms with E-state index >= 15 is 0 Å². The van der Waals surface area contributed by atoms with Crippen LogP contribution in [0.3, 0.4) is 0 Å². The zero-order valence-corrected chi connectivity index (χ0v) is 6.50. The molecule has 64 valence electrons. The van der Waals surface area contributed by atoms with Gasteiger partial charge in [0, 0.05) is 24.9 Å². The van der Waals surface area contributed by atoms with Gasteiger partial charge < -0.3 is 5.32 Å². The van der Waals surface area contributed by atoms with Gasteiger partial charge in [-0.2, -0.15) is 0 Å². The van der Waals surface area contributed by atoms with Gasteiger partial charge in [0.05, 0.1) is 0 Å². The molecule has 1 aliphatic heterocycles. The lowest BCUT2D eigenvalue weighted by Crippen LogP contribution is -2.57. The van der Waals surface area contributed by atoms with Crippen LogP contribution in [0.25, 0.3) is 0 Å².